The normalized spacial score (nSPS) is 10.1. The first-order valence-electron chi connectivity index (χ1n) is 42.1. The summed E-state index contributed by atoms with van der Waals surface area (Å²) in [7, 11) is 0. The first-order valence-corrected chi connectivity index (χ1v) is 42.1. The summed E-state index contributed by atoms with van der Waals surface area (Å²) in [6.45, 7) is 17.1. The molecular formula is C122H108. The average Bonchev–Trinajstić information content (AvgIpc) is 0.808. The molecule has 19 rings (SSSR count). The van der Waals surface area contributed by atoms with E-state index in [1.165, 1.54) is 167 Å². The van der Waals surface area contributed by atoms with Gasteiger partial charge in [-0.1, -0.05) is 520 Å². The predicted molar refractivity (Wildman–Crippen MR) is 529 cm³/mol. The summed E-state index contributed by atoms with van der Waals surface area (Å²) >= 11 is 0. The molecule has 0 saturated carbocycles. The van der Waals surface area contributed by atoms with Crippen LogP contribution >= 0.6 is 0 Å². The molecule has 19 aromatic carbocycles. The molecule has 19 aromatic rings. The van der Waals surface area contributed by atoms with Crippen molar-refractivity contribution >= 4 is 0 Å². The van der Waals surface area contributed by atoms with Gasteiger partial charge in [0.1, 0.15) is 0 Å². The maximum absolute atomic E-state index is 2.28. The van der Waals surface area contributed by atoms with Crippen molar-refractivity contribution in [2.24, 2.45) is 0 Å². The van der Waals surface area contributed by atoms with Gasteiger partial charge in [0.05, 0.1) is 0 Å². The predicted octanol–water partition coefficient (Wildman–Crippen LogP) is 34.3. The van der Waals surface area contributed by atoms with E-state index in [1.807, 2.05) is 36.4 Å². The summed E-state index contributed by atoms with van der Waals surface area (Å²) in [6, 6.07) is 178. The number of benzene rings is 19. The van der Waals surface area contributed by atoms with Crippen molar-refractivity contribution in [3.05, 3.63) is 554 Å². The Hall–Kier alpha value is -14.8. The van der Waals surface area contributed by atoms with Crippen molar-refractivity contribution < 1.29 is 0 Å². The molecule has 0 N–H and O–H groups in total. The second-order valence-corrected chi connectivity index (χ2v) is 30.4. The van der Waals surface area contributed by atoms with Crippen molar-refractivity contribution in [3.63, 3.8) is 0 Å². The molecule has 0 bridgehead atoms. The second-order valence-electron chi connectivity index (χ2n) is 30.4. The van der Waals surface area contributed by atoms with Gasteiger partial charge in [-0.05, 0) is 212 Å². The molecule has 0 aliphatic rings. The Kier molecular flexibility index (Phi) is 32.9. The number of rotatable bonds is 11. The molecule has 0 amide bonds. The minimum Gasteiger partial charge on any atom is -0.0622 e. The summed E-state index contributed by atoms with van der Waals surface area (Å²) < 4.78 is 0. The Balaban J connectivity index is 0.000000129. The van der Waals surface area contributed by atoms with Crippen LogP contribution in [0.2, 0.25) is 0 Å². The third-order valence-corrected chi connectivity index (χ3v) is 20.9. The molecule has 0 heteroatoms. The first kappa shape index (κ1) is 86.5. The third kappa shape index (κ3) is 26.3. The summed E-state index contributed by atoms with van der Waals surface area (Å²) in [5, 5.41) is 0. The van der Waals surface area contributed by atoms with Gasteiger partial charge >= 0.3 is 0 Å². The fraction of sp³-hybridized carbons (Fsp3) is 0.0656. The molecule has 0 aliphatic carbocycles. The van der Waals surface area contributed by atoms with Crippen LogP contribution < -0.4 is 0 Å². The lowest BCUT2D eigenvalue weighted by Gasteiger charge is -2.13. The molecule has 0 nitrogen and oxygen atoms in total. The van der Waals surface area contributed by atoms with E-state index in [9.17, 15) is 0 Å². The summed E-state index contributed by atoms with van der Waals surface area (Å²) in [5.41, 5.74) is 38.7. The van der Waals surface area contributed by atoms with E-state index in [1.54, 1.807) is 0 Å². The maximum atomic E-state index is 2.28. The highest BCUT2D eigenvalue weighted by Crippen LogP contribution is 2.37. The molecule has 0 atom stereocenters. The smallest absolute Gasteiger partial charge is 0.00761 e. The van der Waals surface area contributed by atoms with Gasteiger partial charge in [-0.2, -0.15) is 0 Å². The van der Waals surface area contributed by atoms with Crippen LogP contribution in [0.15, 0.2) is 510 Å². The lowest BCUT2D eigenvalue weighted by Crippen LogP contribution is -1.88. The van der Waals surface area contributed by atoms with E-state index in [0.29, 0.717) is 0 Å². The van der Waals surface area contributed by atoms with E-state index < -0.39 is 0 Å². The van der Waals surface area contributed by atoms with Crippen molar-refractivity contribution in [1.29, 1.82) is 0 Å². The van der Waals surface area contributed by atoms with Crippen LogP contribution in [0.5, 0.6) is 0 Å². The van der Waals surface area contributed by atoms with Crippen LogP contribution in [0.4, 0.5) is 0 Å². The van der Waals surface area contributed by atoms with Crippen LogP contribution in [-0.4, -0.2) is 0 Å². The molecule has 0 aromatic heterocycles. The van der Waals surface area contributed by atoms with Gasteiger partial charge in [-0.25, -0.2) is 0 Å². The van der Waals surface area contributed by atoms with E-state index in [0.717, 1.165) is 0 Å². The molecule has 0 spiro atoms. The van der Waals surface area contributed by atoms with Gasteiger partial charge in [0.15, 0.2) is 0 Å². The Bertz CT molecular complexity index is 6120. The minimum absolute atomic E-state index is 1.26. The van der Waals surface area contributed by atoms with Crippen LogP contribution in [0.1, 0.15) is 44.5 Å². The number of aryl methyl sites for hydroxylation is 8. The van der Waals surface area contributed by atoms with Crippen LogP contribution in [0, 0.1) is 55.4 Å². The van der Waals surface area contributed by atoms with Crippen molar-refractivity contribution in [1.82, 2.24) is 0 Å². The molecule has 0 aliphatic heterocycles. The van der Waals surface area contributed by atoms with Crippen LogP contribution in [0.3, 0.4) is 0 Å². The monoisotopic (exact) mass is 1570 g/mol. The zero-order valence-corrected chi connectivity index (χ0v) is 71.5. The molecule has 0 unspecified atom stereocenters. The first-order chi connectivity index (χ1) is 59.9. The third-order valence-electron chi connectivity index (χ3n) is 20.9. The highest BCUT2D eigenvalue weighted by atomic mass is 14.2. The fourth-order valence-corrected chi connectivity index (χ4v) is 14.5. The summed E-state index contributed by atoms with van der Waals surface area (Å²) in [5.74, 6) is 0. The van der Waals surface area contributed by atoms with Crippen molar-refractivity contribution in [2.45, 2.75) is 55.4 Å². The Morgan fingerprint density at radius 3 is 0.770 bits per heavy atom. The van der Waals surface area contributed by atoms with E-state index in [4.69, 9.17) is 0 Å². The quantitative estimate of drug-likeness (QED) is 0.121. The lowest BCUT2D eigenvalue weighted by molar-refractivity contribution is 1.45. The van der Waals surface area contributed by atoms with Gasteiger partial charge in [0.2, 0.25) is 0 Å². The Labute approximate surface area is 726 Å². The van der Waals surface area contributed by atoms with Crippen molar-refractivity contribution in [3.8, 4) is 122 Å². The fourth-order valence-electron chi connectivity index (χ4n) is 14.5. The highest BCUT2D eigenvalue weighted by Gasteiger charge is 2.12. The second kappa shape index (κ2) is 46.4. The minimum atomic E-state index is 1.26. The largest absolute Gasteiger partial charge is 0.0622 e. The molecule has 0 fully saturated rings. The highest BCUT2D eigenvalue weighted by molar-refractivity contribution is 5.87. The Morgan fingerprint density at radius 1 is 0.0984 bits per heavy atom. The Morgan fingerprint density at radius 2 is 0.352 bits per heavy atom. The zero-order chi connectivity index (χ0) is 84.7. The summed E-state index contributed by atoms with van der Waals surface area (Å²) in [6.07, 6.45) is 0. The van der Waals surface area contributed by atoms with Gasteiger partial charge in [-0.15, -0.1) is 0 Å². The number of hydrogen-bond donors (Lipinski definition) is 0. The van der Waals surface area contributed by atoms with Gasteiger partial charge in [0.25, 0.3) is 0 Å². The maximum Gasteiger partial charge on any atom is -0.00761 e. The molecule has 596 valence electrons. The van der Waals surface area contributed by atoms with Crippen LogP contribution in [0.25, 0.3) is 122 Å². The average molecular weight is 1570 g/mol. The van der Waals surface area contributed by atoms with Crippen LogP contribution in [-0.2, 0) is 0 Å². The molecule has 0 saturated heterocycles. The lowest BCUT2D eigenvalue weighted by atomic mass is 9.91. The van der Waals surface area contributed by atoms with Gasteiger partial charge < -0.3 is 0 Å². The SMILES string of the molecule is Cc1cc(-c2ccccc2)cc(-c2ccccc2)c1.Cc1ccc(-c2ccccc2)c(-c2ccccc2)c1.Cc1ccc(-c2ccccc2)cc1.Cc1ccc(-c2ccccc2)cc1-c1ccccc1.Cc1cccc(-c2ccccc2)c1.Cc1cccc(-c2ccccc2)c1-c1ccccc1.Cc1ccccc1.Cc1ccccc1-c1ccccc1. The molecule has 0 radical (unpaired) electrons. The zero-order valence-electron chi connectivity index (χ0n) is 71.5. The van der Waals surface area contributed by atoms with Gasteiger partial charge in [-0.3, -0.25) is 0 Å². The molecule has 122 heavy (non-hydrogen) atoms. The molecular weight excluding hydrogens is 1470 g/mol. The van der Waals surface area contributed by atoms with E-state index in [2.05, 4.69) is 529 Å². The summed E-state index contributed by atoms with van der Waals surface area (Å²) in [4.78, 5) is 0. The standard InChI is InChI=1S/4C19H16.3C13H12.C7H8/c1-15-9-8-14-18(16-10-4-2-5-11-16)19(15)17-12-6-3-7-13-17;1-15-12-18(16-8-4-2-5-9-16)14-19(13-15)17-10-6-3-7-11-17;1-15-12-13-18(16-8-4-2-5-9-16)14-19(15)17-10-6-3-7-11-17;1-15-12-13-18(16-8-4-2-5-9-16)19(14-15)17-10-6-3-7-11-17;1-11-7-5-6-10-13(11)12-8-3-2-4-9-12;1-11-6-5-9-13(10-11)12-7-3-2-4-8-12;1-11-7-9-13(10-8-11)12-5-3-2-4-6-12;1-7-5-3-2-4-6-7/h4*2-14H,1H3;3*2-10H,1H3;2-6H,1H3. The number of hydrogen-bond acceptors (Lipinski definition) is 0. The van der Waals surface area contributed by atoms with Crippen molar-refractivity contribution in [2.75, 3.05) is 0 Å². The van der Waals surface area contributed by atoms with Gasteiger partial charge in [0, 0.05) is 0 Å². The molecule has 0 heterocycles. The van der Waals surface area contributed by atoms with E-state index >= 15 is 0 Å². The topological polar surface area (TPSA) is 0 Å². The van der Waals surface area contributed by atoms with E-state index in [-0.39, 0.29) is 0 Å².